The molecule has 4 nitrogen and oxygen atoms in total. The maximum atomic E-state index is 12.4. The summed E-state index contributed by atoms with van der Waals surface area (Å²) in [7, 11) is 0. The Hall–Kier alpha value is -1.01. The number of carbonyl (C=O) groups is 1. The first-order valence-electron chi connectivity index (χ1n) is 5.81. The number of carbonyl (C=O) groups excluding carboxylic acids is 1. The number of likely N-dealkylation sites (tertiary alicyclic amines) is 1. The number of aromatic nitrogens is 1. The van der Waals surface area contributed by atoms with Gasteiger partial charge >= 0.3 is 0 Å². The van der Waals surface area contributed by atoms with Gasteiger partial charge in [0.2, 0.25) is 0 Å². The molecule has 0 aliphatic carbocycles. The number of pyridine rings is 1. The zero-order valence-corrected chi connectivity index (χ0v) is 12.2. The lowest BCUT2D eigenvalue weighted by molar-refractivity contribution is 0.0675. The molecule has 0 saturated carbocycles. The SMILES string of the molecule is NC(=S)C1CCCCN1C(=O)c1ccc(Br)cn1. The molecule has 1 unspecified atom stereocenters. The monoisotopic (exact) mass is 327 g/mol. The van der Waals surface area contributed by atoms with E-state index in [4.69, 9.17) is 18.0 Å². The smallest absolute Gasteiger partial charge is 0.273 e. The van der Waals surface area contributed by atoms with Crippen LogP contribution in [0.15, 0.2) is 22.8 Å². The number of hydrogen-bond donors (Lipinski definition) is 1. The number of halogens is 1. The van der Waals surface area contributed by atoms with Crippen LogP contribution in [0.1, 0.15) is 29.8 Å². The van der Waals surface area contributed by atoms with Crippen molar-refractivity contribution in [2.24, 2.45) is 5.73 Å². The minimum Gasteiger partial charge on any atom is -0.392 e. The molecule has 0 aromatic carbocycles. The van der Waals surface area contributed by atoms with Crippen LogP contribution in [0.25, 0.3) is 0 Å². The van der Waals surface area contributed by atoms with Gasteiger partial charge in [-0.2, -0.15) is 0 Å². The van der Waals surface area contributed by atoms with Crippen molar-refractivity contribution in [3.8, 4) is 0 Å². The van der Waals surface area contributed by atoms with Gasteiger partial charge in [-0.05, 0) is 47.3 Å². The topological polar surface area (TPSA) is 59.2 Å². The number of nitrogens with zero attached hydrogens (tertiary/aromatic N) is 2. The molecule has 2 rings (SSSR count). The molecule has 96 valence electrons. The lowest BCUT2D eigenvalue weighted by Gasteiger charge is -2.34. The Balaban J connectivity index is 2.20. The van der Waals surface area contributed by atoms with Crippen LogP contribution in [0.3, 0.4) is 0 Å². The summed E-state index contributed by atoms with van der Waals surface area (Å²) < 4.78 is 0.851. The van der Waals surface area contributed by atoms with E-state index in [0.29, 0.717) is 17.2 Å². The lowest BCUT2D eigenvalue weighted by Crippen LogP contribution is -2.50. The molecule has 1 fully saturated rings. The largest absolute Gasteiger partial charge is 0.392 e. The second kappa shape index (κ2) is 5.75. The Labute approximate surface area is 120 Å². The maximum Gasteiger partial charge on any atom is 0.273 e. The Morgan fingerprint density at radius 1 is 1.50 bits per heavy atom. The second-order valence-electron chi connectivity index (χ2n) is 4.27. The van der Waals surface area contributed by atoms with Crippen molar-refractivity contribution in [2.75, 3.05) is 6.54 Å². The summed E-state index contributed by atoms with van der Waals surface area (Å²) >= 11 is 8.34. The van der Waals surface area contributed by atoms with Gasteiger partial charge < -0.3 is 10.6 Å². The molecule has 1 saturated heterocycles. The van der Waals surface area contributed by atoms with Gasteiger partial charge in [-0.25, -0.2) is 4.98 Å². The molecule has 18 heavy (non-hydrogen) atoms. The highest BCUT2D eigenvalue weighted by molar-refractivity contribution is 9.10. The maximum absolute atomic E-state index is 12.4. The zero-order valence-electron chi connectivity index (χ0n) is 9.80. The van der Waals surface area contributed by atoms with Crippen molar-refractivity contribution >= 4 is 39.0 Å². The minimum absolute atomic E-state index is 0.0972. The fourth-order valence-corrected chi connectivity index (χ4v) is 2.60. The summed E-state index contributed by atoms with van der Waals surface area (Å²) in [6.45, 7) is 0.693. The van der Waals surface area contributed by atoms with Gasteiger partial charge in [0.15, 0.2) is 0 Å². The van der Waals surface area contributed by atoms with Crippen LogP contribution in [0, 0.1) is 0 Å². The van der Waals surface area contributed by atoms with Gasteiger partial charge in [-0.1, -0.05) is 12.2 Å². The van der Waals surface area contributed by atoms with Crippen LogP contribution in [0.4, 0.5) is 0 Å². The van der Waals surface area contributed by atoms with Gasteiger partial charge in [0, 0.05) is 17.2 Å². The molecule has 0 spiro atoms. The number of hydrogen-bond acceptors (Lipinski definition) is 3. The van der Waals surface area contributed by atoms with Crippen molar-refractivity contribution in [3.05, 3.63) is 28.5 Å². The third-order valence-electron chi connectivity index (χ3n) is 3.04. The predicted molar refractivity (Wildman–Crippen MR) is 77.4 cm³/mol. The van der Waals surface area contributed by atoms with E-state index in [1.165, 1.54) is 0 Å². The highest BCUT2D eigenvalue weighted by atomic mass is 79.9. The van der Waals surface area contributed by atoms with E-state index < -0.39 is 0 Å². The molecule has 2 N–H and O–H groups in total. The molecule has 1 aliphatic rings. The van der Waals surface area contributed by atoms with Crippen molar-refractivity contribution < 1.29 is 4.79 Å². The molecule has 1 aromatic rings. The number of piperidine rings is 1. The van der Waals surface area contributed by atoms with Crippen molar-refractivity contribution in [1.29, 1.82) is 0 Å². The minimum atomic E-state index is -0.133. The predicted octanol–water partition coefficient (Wildman–Crippen LogP) is 2.12. The van der Waals surface area contributed by atoms with Crippen LogP contribution in [-0.4, -0.2) is 33.4 Å². The number of nitrogens with two attached hydrogens (primary N) is 1. The summed E-state index contributed by atoms with van der Waals surface area (Å²) in [6, 6.07) is 3.38. The number of thiocarbonyl (C=S) groups is 1. The van der Waals surface area contributed by atoms with Crippen LogP contribution < -0.4 is 5.73 Å². The third-order valence-corrected chi connectivity index (χ3v) is 3.78. The Bertz CT molecular complexity index is 463. The molecule has 2 heterocycles. The average molecular weight is 328 g/mol. The summed E-state index contributed by atoms with van der Waals surface area (Å²) in [6.07, 6.45) is 4.51. The first kappa shape index (κ1) is 13.4. The Morgan fingerprint density at radius 2 is 2.28 bits per heavy atom. The molecular weight excluding hydrogens is 314 g/mol. The highest BCUT2D eigenvalue weighted by Gasteiger charge is 2.29. The number of rotatable bonds is 2. The summed E-state index contributed by atoms with van der Waals surface area (Å²) in [4.78, 5) is 18.6. The molecule has 6 heteroatoms. The number of amides is 1. The van der Waals surface area contributed by atoms with E-state index in [1.807, 2.05) is 0 Å². The van der Waals surface area contributed by atoms with Gasteiger partial charge in [-0.15, -0.1) is 0 Å². The zero-order chi connectivity index (χ0) is 13.1. The normalized spacial score (nSPS) is 19.6. The van der Waals surface area contributed by atoms with Crippen LogP contribution in [0.5, 0.6) is 0 Å². The van der Waals surface area contributed by atoms with Crippen LogP contribution >= 0.6 is 28.1 Å². The summed E-state index contributed by atoms with van der Waals surface area (Å²) in [5.41, 5.74) is 6.14. The van der Waals surface area contributed by atoms with Crippen LogP contribution in [-0.2, 0) is 0 Å². The molecule has 0 radical (unpaired) electrons. The molecule has 1 aliphatic heterocycles. The standard InChI is InChI=1S/C12H14BrN3OS/c13-8-4-5-9(15-7-8)12(17)16-6-2-1-3-10(16)11(14)18/h4-5,7,10H,1-3,6H2,(H2,14,18). The summed E-state index contributed by atoms with van der Waals surface area (Å²) in [5.74, 6) is -0.0972. The molecule has 0 bridgehead atoms. The van der Waals surface area contributed by atoms with Gasteiger partial charge in [0.1, 0.15) is 5.69 Å². The van der Waals surface area contributed by atoms with Gasteiger partial charge in [-0.3, -0.25) is 4.79 Å². The van der Waals surface area contributed by atoms with E-state index in [1.54, 1.807) is 23.2 Å². The second-order valence-corrected chi connectivity index (χ2v) is 5.66. The van der Waals surface area contributed by atoms with Crippen molar-refractivity contribution in [1.82, 2.24) is 9.88 Å². The summed E-state index contributed by atoms with van der Waals surface area (Å²) in [5, 5.41) is 0. The first-order chi connectivity index (χ1) is 8.59. The van der Waals surface area contributed by atoms with E-state index in [0.717, 1.165) is 23.7 Å². The van der Waals surface area contributed by atoms with Gasteiger partial charge in [0.25, 0.3) is 5.91 Å². The van der Waals surface area contributed by atoms with Crippen LogP contribution in [0.2, 0.25) is 0 Å². The van der Waals surface area contributed by atoms with E-state index >= 15 is 0 Å². The van der Waals surface area contributed by atoms with E-state index in [-0.39, 0.29) is 11.9 Å². The molecule has 1 atom stereocenters. The Morgan fingerprint density at radius 3 is 2.89 bits per heavy atom. The van der Waals surface area contributed by atoms with E-state index in [9.17, 15) is 4.79 Å². The van der Waals surface area contributed by atoms with Gasteiger partial charge in [0.05, 0.1) is 11.0 Å². The lowest BCUT2D eigenvalue weighted by atomic mass is 10.0. The van der Waals surface area contributed by atoms with Crippen molar-refractivity contribution in [2.45, 2.75) is 25.3 Å². The highest BCUT2D eigenvalue weighted by Crippen LogP contribution is 2.20. The quantitative estimate of drug-likeness (QED) is 0.845. The fourth-order valence-electron chi connectivity index (χ4n) is 2.12. The fraction of sp³-hybridized carbons (Fsp3) is 0.417. The third kappa shape index (κ3) is 2.87. The first-order valence-corrected chi connectivity index (χ1v) is 7.01. The van der Waals surface area contributed by atoms with E-state index in [2.05, 4.69) is 20.9 Å². The molecule has 1 amide bonds. The van der Waals surface area contributed by atoms with Crippen molar-refractivity contribution in [3.63, 3.8) is 0 Å². The average Bonchev–Trinajstić information content (AvgIpc) is 2.39. The Kier molecular flexibility index (Phi) is 4.29. The molecular formula is C12H14BrN3OS. The molecule has 1 aromatic heterocycles.